The molecule has 0 amide bonds. The second-order valence-electron chi connectivity index (χ2n) is 8.44. The number of carbonyl (C=O) groups excluding carboxylic acids is 2. The molecule has 2 atom stereocenters. The lowest BCUT2D eigenvalue weighted by molar-refractivity contribution is -0.145. The highest BCUT2D eigenvalue weighted by atomic mass is 16.5. The molecule has 0 bridgehead atoms. The minimum atomic E-state index is -0.659. The van der Waals surface area contributed by atoms with Crippen LogP contribution in [0.4, 0.5) is 0 Å². The van der Waals surface area contributed by atoms with E-state index in [1.54, 1.807) is 6.92 Å². The summed E-state index contributed by atoms with van der Waals surface area (Å²) in [5.74, 6) is -0.863. The third-order valence-corrected chi connectivity index (χ3v) is 6.34. The molecule has 3 aromatic rings. The summed E-state index contributed by atoms with van der Waals surface area (Å²) in [5.41, 5.74) is 5.25. The first-order valence-corrected chi connectivity index (χ1v) is 11.4. The molecular weight excluding hydrogens is 426 g/mol. The Morgan fingerprint density at radius 1 is 0.912 bits per heavy atom. The molecule has 170 valence electrons. The molecular formula is C29H25NO4. The average Bonchev–Trinajstić information content (AvgIpc) is 3.14. The first-order valence-electron chi connectivity index (χ1n) is 11.4. The number of esters is 1. The molecule has 0 fully saturated rings. The van der Waals surface area contributed by atoms with E-state index in [1.807, 2.05) is 85.8 Å². The molecule has 5 heteroatoms. The first kappa shape index (κ1) is 21.8. The molecule has 0 radical (unpaired) electrons. The topological polar surface area (TPSA) is 65.0 Å². The summed E-state index contributed by atoms with van der Waals surface area (Å²) in [6, 6.07) is 25.1. The summed E-state index contributed by atoms with van der Waals surface area (Å²) in [5, 5.41) is 0. The van der Waals surface area contributed by atoms with Crippen LogP contribution in [0.2, 0.25) is 0 Å². The van der Waals surface area contributed by atoms with Crippen molar-refractivity contribution in [3.05, 3.63) is 107 Å². The Morgan fingerprint density at radius 3 is 2.29 bits per heavy atom. The molecule has 0 saturated carbocycles. The van der Waals surface area contributed by atoms with Crippen molar-refractivity contribution in [2.75, 3.05) is 6.61 Å². The number of nitrogens with zero attached hydrogens (tertiary/aromatic N) is 1. The summed E-state index contributed by atoms with van der Waals surface area (Å²) in [7, 11) is 0. The molecule has 34 heavy (non-hydrogen) atoms. The number of hydrogen-bond acceptors (Lipinski definition) is 5. The van der Waals surface area contributed by atoms with E-state index in [1.165, 1.54) is 0 Å². The number of hydrogen-bond donors (Lipinski definition) is 0. The summed E-state index contributed by atoms with van der Waals surface area (Å²) in [6.45, 7) is 4.34. The maximum Gasteiger partial charge on any atom is 0.315 e. The number of rotatable bonds is 6. The molecule has 1 unspecified atom stereocenters. The fourth-order valence-electron chi connectivity index (χ4n) is 4.76. The SMILES string of the molecule is CCOC(=O)C1C(C)=NC2=C(C(=O)c3ccccc32)[C@@H]1c1ccc(OCc2ccccc2)cc1. The van der Waals surface area contributed by atoms with Gasteiger partial charge in [0.15, 0.2) is 5.78 Å². The Labute approximate surface area is 198 Å². The normalized spacial score (nSPS) is 18.8. The van der Waals surface area contributed by atoms with Crippen molar-refractivity contribution in [1.29, 1.82) is 0 Å². The van der Waals surface area contributed by atoms with Crippen LogP contribution in [0.5, 0.6) is 5.75 Å². The summed E-state index contributed by atoms with van der Waals surface area (Å²) in [4.78, 5) is 31.2. The molecule has 3 aromatic carbocycles. The summed E-state index contributed by atoms with van der Waals surface area (Å²) >= 11 is 0. The zero-order chi connectivity index (χ0) is 23.7. The van der Waals surface area contributed by atoms with E-state index in [0.29, 0.717) is 29.2 Å². The monoisotopic (exact) mass is 451 g/mol. The number of carbonyl (C=O) groups is 2. The molecule has 0 aromatic heterocycles. The number of benzene rings is 3. The Morgan fingerprint density at radius 2 is 1.59 bits per heavy atom. The summed E-state index contributed by atoms with van der Waals surface area (Å²) < 4.78 is 11.3. The average molecular weight is 452 g/mol. The zero-order valence-corrected chi connectivity index (χ0v) is 19.2. The Hall–Kier alpha value is -3.99. The van der Waals surface area contributed by atoms with Gasteiger partial charge in [-0.25, -0.2) is 0 Å². The minimum Gasteiger partial charge on any atom is -0.489 e. The largest absolute Gasteiger partial charge is 0.489 e. The van der Waals surface area contributed by atoms with Gasteiger partial charge in [-0.2, -0.15) is 0 Å². The van der Waals surface area contributed by atoms with Crippen LogP contribution < -0.4 is 4.74 Å². The zero-order valence-electron chi connectivity index (χ0n) is 19.2. The maximum atomic E-state index is 13.5. The van der Waals surface area contributed by atoms with E-state index < -0.39 is 11.8 Å². The van der Waals surface area contributed by atoms with Gasteiger partial charge in [-0.3, -0.25) is 14.6 Å². The quantitative estimate of drug-likeness (QED) is 0.457. The van der Waals surface area contributed by atoms with Gasteiger partial charge in [0.2, 0.25) is 0 Å². The highest BCUT2D eigenvalue weighted by Crippen LogP contribution is 2.48. The molecule has 5 rings (SSSR count). The first-order chi connectivity index (χ1) is 16.6. The molecule has 0 saturated heterocycles. The molecule has 0 N–H and O–H groups in total. The number of fused-ring (bicyclic) bond motifs is 2. The van der Waals surface area contributed by atoms with Gasteiger partial charge in [-0.1, -0.05) is 66.7 Å². The second kappa shape index (κ2) is 9.10. The third-order valence-electron chi connectivity index (χ3n) is 6.34. The van der Waals surface area contributed by atoms with Crippen molar-refractivity contribution in [2.24, 2.45) is 10.9 Å². The lowest BCUT2D eigenvalue weighted by Crippen LogP contribution is -2.35. The number of allylic oxidation sites excluding steroid dienone is 1. The predicted molar refractivity (Wildman–Crippen MR) is 131 cm³/mol. The van der Waals surface area contributed by atoms with Crippen LogP contribution in [0.25, 0.3) is 5.70 Å². The summed E-state index contributed by atoms with van der Waals surface area (Å²) in [6.07, 6.45) is 0. The molecule has 1 aliphatic carbocycles. The Balaban J connectivity index is 1.51. The highest BCUT2D eigenvalue weighted by molar-refractivity contribution is 6.24. The fraction of sp³-hybridized carbons (Fsp3) is 0.207. The van der Waals surface area contributed by atoms with Crippen LogP contribution in [-0.2, 0) is 16.1 Å². The van der Waals surface area contributed by atoms with Crippen molar-refractivity contribution >= 4 is 23.2 Å². The maximum absolute atomic E-state index is 13.5. The fourth-order valence-corrected chi connectivity index (χ4v) is 4.76. The smallest absolute Gasteiger partial charge is 0.315 e. The van der Waals surface area contributed by atoms with Crippen molar-refractivity contribution < 1.29 is 19.1 Å². The van der Waals surface area contributed by atoms with E-state index in [0.717, 1.165) is 22.4 Å². The Bertz CT molecular complexity index is 1310. The molecule has 1 heterocycles. The lowest BCUT2D eigenvalue weighted by Gasteiger charge is -2.30. The van der Waals surface area contributed by atoms with Crippen molar-refractivity contribution in [3.8, 4) is 5.75 Å². The van der Waals surface area contributed by atoms with Gasteiger partial charge in [0, 0.05) is 28.3 Å². The van der Waals surface area contributed by atoms with E-state index in [-0.39, 0.29) is 18.4 Å². The van der Waals surface area contributed by atoms with Gasteiger partial charge < -0.3 is 9.47 Å². The van der Waals surface area contributed by atoms with E-state index in [9.17, 15) is 9.59 Å². The van der Waals surface area contributed by atoms with Crippen LogP contribution >= 0.6 is 0 Å². The van der Waals surface area contributed by atoms with Gasteiger partial charge in [-0.05, 0) is 37.1 Å². The predicted octanol–water partition coefficient (Wildman–Crippen LogP) is 5.61. The van der Waals surface area contributed by atoms with Gasteiger partial charge >= 0.3 is 5.97 Å². The van der Waals surface area contributed by atoms with E-state index in [2.05, 4.69) is 0 Å². The van der Waals surface area contributed by atoms with Crippen LogP contribution in [0.3, 0.4) is 0 Å². The molecule has 1 aliphatic heterocycles. The Kier molecular flexibility index (Phi) is 5.84. The van der Waals surface area contributed by atoms with E-state index in [4.69, 9.17) is 14.5 Å². The van der Waals surface area contributed by atoms with Gasteiger partial charge in [0.1, 0.15) is 18.3 Å². The van der Waals surface area contributed by atoms with Crippen molar-refractivity contribution in [1.82, 2.24) is 0 Å². The second-order valence-corrected chi connectivity index (χ2v) is 8.44. The minimum absolute atomic E-state index is 0.0782. The van der Waals surface area contributed by atoms with Gasteiger partial charge in [0.25, 0.3) is 0 Å². The number of ketones is 1. The number of aliphatic imine (C=N–C) groups is 1. The van der Waals surface area contributed by atoms with Crippen molar-refractivity contribution in [3.63, 3.8) is 0 Å². The van der Waals surface area contributed by atoms with Crippen LogP contribution in [0.1, 0.15) is 46.8 Å². The van der Waals surface area contributed by atoms with Crippen LogP contribution in [-0.4, -0.2) is 24.1 Å². The number of ether oxygens (including phenoxy) is 2. The lowest BCUT2D eigenvalue weighted by atomic mass is 9.75. The van der Waals surface area contributed by atoms with Gasteiger partial charge in [0.05, 0.1) is 12.3 Å². The third kappa shape index (κ3) is 3.83. The number of Topliss-reactive ketones (excluding diaryl/α,β-unsaturated/α-hetero) is 1. The van der Waals surface area contributed by atoms with Gasteiger partial charge in [-0.15, -0.1) is 0 Å². The van der Waals surface area contributed by atoms with Crippen LogP contribution in [0.15, 0.2) is 89.4 Å². The molecule has 0 spiro atoms. The molecule has 2 aliphatic rings. The standard InChI is InChI=1S/C29H25NO4/c1-3-33-29(32)24-18(2)30-27-22-11-7-8-12-23(22)28(31)26(27)25(24)20-13-15-21(16-14-20)34-17-19-9-5-4-6-10-19/h4-16,24-25H,3,17H2,1-2H3/t24?,25-/m1/s1. The molecule has 5 nitrogen and oxygen atoms in total. The highest BCUT2D eigenvalue weighted by Gasteiger charge is 2.46. The van der Waals surface area contributed by atoms with E-state index >= 15 is 0 Å². The van der Waals surface area contributed by atoms with Crippen molar-refractivity contribution in [2.45, 2.75) is 26.4 Å². The van der Waals surface area contributed by atoms with Crippen LogP contribution in [0, 0.1) is 5.92 Å².